The molecule has 3 fully saturated rings. The molecule has 0 spiro atoms. The molecule has 0 radical (unpaired) electrons. The molecule has 9 atom stereocenters. The lowest BCUT2D eigenvalue weighted by molar-refractivity contribution is -0.361. The molecule has 150 valence electrons. The van der Waals surface area contributed by atoms with Gasteiger partial charge in [-0.2, -0.15) is 0 Å². The molecular weight excluding hydrogens is 352 g/mol. The first-order valence-electron chi connectivity index (χ1n) is 9.77. The fourth-order valence-corrected chi connectivity index (χ4v) is 5.24. The minimum atomic E-state index is -1.36. The van der Waals surface area contributed by atoms with Crippen molar-refractivity contribution in [3.63, 3.8) is 0 Å². The van der Waals surface area contributed by atoms with Gasteiger partial charge in [0.15, 0.2) is 5.60 Å². The summed E-state index contributed by atoms with van der Waals surface area (Å²) in [7, 11) is 0. The summed E-state index contributed by atoms with van der Waals surface area (Å²) in [4.78, 5) is 36.2. The highest BCUT2D eigenvalue weighted by atomic mass is 17.2. The molecule has 2 saturated heterocycles. The molecule has 7 nitrogen and oxygen atoms in total. The second-order valence-electron chi connectivity index (χ2n) is 8.98. The third-order valence-corrected chi connectivity index (χ3v) is 7.16. The minimum absolute atomic E-state index is 0.137. The molecule has 2 aliphatic heterocycles. The molecule has 1 unspecified atom stereocenters. The zero-order chi connectivity index (χ0) is 19.8. The average molecular weight is 380 g/mol. The van der Waals surface area contributed by atoms with Gasteiger partial charge in [-0.3, -0.25) is 9.59 Å². The van der Waals surface area contributed by atoms with Gasteiger partial charge in [-0.05, 0) is 26.3 Å². The van der Waals surface area contributed by atoms with E-state index in [-0.39, 0.29) is 30.2 Å². The van der Waals surface area contributed by atoms with Gasteiger partial charge in [0, 0.05) is 12.3 Å². The summed E-state index contributed by atoms with van der Waals surface area (Å²) in [5.74, 6) is -2.12. The van der Waals surface area contributed by atoms with Gasteiger partial charge in [0.25, 0.3) is 0 Å². The normalized spacial score (nSPS) is 51.3. The molecule has 4 aliphatic rings. The van der Waals surface area contributed by atoms with Crippen LogP contribution in [0.25, 0.3) is 0 Å². The van der Waals surface area contributed by atoms with Crippen molar-refractivity contribution in [2.24, 2.45) is 23.7 Å². The van der Waals surface area contributed by atoms with Gasteiger partial charge in [-0.25, -0.2) is 9.78 Å². The molecule has 2 bridgehead atoms. The number of carbonyl (C=O) groups is 2. The minimum Gasteiger partial charge on any atom is -0.462 e. The van der Waals surface area contributed by atoms with Gasteiger partial charge in [-0.15, -0.1) is 0 Å². The molecule has 1 N–H and O–H groups in total. The maximum absolute atomic E-state index is 12.5. The van der Waals surface area contributed by atoms with Crippen LogP contribution in [-0.2, 0) is 28.8 Å². The highest BCUT2D eigenvalue weighted by Crippen LogP contribution is 2.62. The standard InChI is InChI=1S/C20H28O7/c1-6-10(2)16(21)24-12-9-19(5,23)20-8-7-18(4,26-27-20)15(20)14-13(12)11(3)17(22)25-14/h7-8,10-15,23H,6,9H2,1-5H3/t10?,11-,12-,13+,14-,15-,18+,19+,20-/m0/s1. The number of esters is 2. The lowest BCUT2D eigenvalue weighted by Crippen LogP contribution is -2.56. The maximum atomic E-state index is 12.5. The summed E-state index contributed by atoms with van der Waals surface area (Å²) in [5, 5.41) is 11.4. The van der Waals surface area contributed by atoms with Crippen LogP contribution in [0.5, 0.6) is 0 Å². The summed E-state index contributed by atoms with van der Waals surface area (Å²) in [6.07, 6.45) is 3.26. The van der Waals surface area contributed by atoms with Crippen molar-refractivity contribution in [1.82, 2.24) is 0 Å². The van der Waals surface area contributed by atoms with Crippen molar-refractivity contribution in [3.05, 3.63) is 12.2 Å². The van der Waals surface area contributed by atoms with Gasteiger partial charge in [-0.1, -0.05) is 26.8 Å². The van der Waals surface area contributed by atoms with E-state index in [0.29, 0.717) is 6.42 Å². The second kappa shape index (κ2) is 5.78. The van der Waals surface area contributed by atoms with Gasteiger partial charge in [0.1, 0.15) is 23.4 Å². The number of aliphatic hydroxyl groups is 1. The molecular formula is C20H28O7. The Labute approximate surface area is 158 Å². The summed E-state index contributed by atoms with van der Waals surface area (Å²) in [6.45, 7) is 9.05. The van der Waals surface area contributed by atoms with Crippen molar-refractivity contribution in [1.29, 1.82) is 0 Å². The Hall–Kier alpha value is -1.44. The molecule has 2 aliphatic carbocycles. The van der Waals surface area contributed by atoms with Gasteiger partial charge >= 0.3 is 11.9 Å². The van der Waals surface area contributed by atoms with Crippen LogP contribution in [-0.4, -0.2) is 46.1 Å². The third kappa shape index (κ3) is 2.37. The molecule has 0 aromatic carbocycles. The van der Waals surface area contributed by atoms with Gasteiger partial charge < -0.3 is 14.6 Å². The molecule has 0 aromatic rings. The predicted octanol–water partition coefficient (Wildman–Crippen LogP) is 1.92. The lowest BCUT2D eigenvalue weighted by Gasteiger charge is -2.40. The molecule has 0 amide bonds. The Morgan fingerprint density at radius 3 is 2.67 bits per heavy atom. The average Bonchev–Trinajstić information content (AvgIpc) is 3.16. The topological polar surface area (TPSA) is 91.3 Å². The Bertz CT molecular complexity index is 700. The highest BCUT2D eigenvalue weighted by Gasteiger charge is 2.75. The molecule has 2 heterocycles. The van der Waals surface area contributed by atoms with Crippen molar-refractivity contribution in [3.8, 4) is 0 Å². The van der Waals surface area contributed by atoms with E-state index in [0.717, 1.165) is 0 Å². The lowest BCUT2D eigenvalue weighted by atomic mass is 9.70. The fraction of sp³-hybridized carbons (Fsp3) is 0.800. The SMILES string of the molecule is CCC(C)C(=O)O[C@H]1C[C@@](C)(O)[C@@]23C=C[C@@](C)(OO2)[C@@H]3[C@H]2OC(=O)[C@@H](C)[C@@H]21. The predicted molar refractivity (Wildman–Crippen MR) is 93.0 cm³/mol. The quantitative estimate of drug-likeness (QED) is 0.454. The van der Waals surface area contributed by atoms with E-state index in [2.05, 4.69) is 0 Å². The van der Waals surface area contributed by atoms with Gasteiger partial charge in [0.2, 0.25) is 0 Å². The van der Waals surface area contributed by atoms with Crippen LogP contribution in [0, 0.1) is 23.7 Å². The van der Waals surface area contributed by atoms with Crippen LogP contribution in [0.3, 0.4) is 0 Å². The number of hydrogen-bond acceptors (Lipinski definition) is 7. The van der Waals surface area contributed by atoms with E-state index < -0.39 is 40.8 Å². The van der Waals surface area contributed by atoms with Crippen molar-refractivity contribution < 1.29 is 33.9 Å². The number of rotatable bonds is 3. The van der Waals surface area contributed by atoms with Crippen molar-refractivity contribution in [2.45, 2.75) is 76.5 Å². The van der Waals surface area contributed by atoms with Crippen molar-refractivity contribution in [2.75, 3.05) is 0 Å². The zero-order valence-corrected chi connectivity index (χ0v) is 16.4. The fourth-order valence-electron chi connectivity index (χ4n) is 5.24. The first-order valence-corrected chi connectivity index (χ1v) is 9.77. The van der Waals surface area contributed by atoms with Gasteiger partial charge in [0.05, 0.1) is 17.8 Å². The van der Waals surface area contributed by atoms with E-state index in [4.69, 9.17) is 19.2 Å². The van der Waals surface area contributed by atoms with Crippen LogP contribution in [0.4, 0.5) is 0 Å². The first kappa shape index (κ1) is 18.9. The number of carbonyl (C=O) groups excluding carboxylic acids is 2. The highest BCUT2D eigenvalue weighted by molar-refractivity contribution is 5.76. The molecule has 7 heteroatoms. The summed E-state index contributed by atoms with van der Waals surface area (Å²) in [6, 6.07) is 0. The second-order valence-corrected chi connectivity index (χ2v) is 8.98. The van der Waals surface area contributed by atoms with Crippen LogP contribution in [0.15, 0.2) is 12.2 Å². The van der Waals surface area contributed by atoms with E-state index in [1.165, 1.54) is 0 Å². The zero-order valence-electron chi connectivity index (χ0n) is 16.4. The van der Waals surface area contributed by atoms with E-state index >= 15 is 0 Å². The Balaban J connectivity index is 1.77. The van der Waals surface area contributed by atoms with Crippen LogP contribution >= 0.6 is 0 Å². The largest absolute Gasteiger partial charge is 0.462 e. The molecule has 4 rings (SSSR count). The molecule has 0 aromatic heterocycles. The van der Waals surface area contributed by atoms with Crippen LogP contribution in [0.2, 0.25) is 0 Å². The van der Waals surface area contributed by atoms with Crippen LogP contribution < -0.4 is 0 Å². The van der Waals surface area contributed by atoms with E-state index in [9.17, 15) is 14.7 Å². The molecule has 27 heavy (non-hydrogen) atoms. The Morgan fingerprint density at radius 1 is 1.37 bits per heavy atom. The van der Waals surface area contributed by atoms with E-state index in [1.807, 2.05) is 32.9 Å². The Morgan fingerprint density at radius 2 is 2.07 bits per heavy atom. The third-order valence-electron chi connectivity index (χ3n) is 7.16. The number of fused-ring (bicyclic) bond motifs is 1. The maximum Gasteiger partial charge on any atom is 0.309 e. The monoisotopic (exact) mass is 380 g/mol. The summed E-state index contributed by atoms with van der Waals surface area (Å²) < 4.78 is 11.6. The Kier molecular flexibility index (Phi) is 4.05. The first-order chi connectivity index (χ1) is 12.6. The number of ether oxygens (including phenoxy) is 2. The summed E-state index contributed by atoms with van der Waals surface area (Å²) in [5.41, 5.74) is -3.32. The molecule has 1 saturated carbocycles. The summed E-state index contributed by atoms with van der Waals surface area (Å²) >= 11 is 0. The van der Waals surface area contributed by atoms with E-state index in [1.54, 1.807) is 13.8 Å². The van der Waals surface area contributed by atoms with Crippen LogP contribution in [0.1, 0.15) is 47.5 Å². The number of hydrogen-bond donors (Lipinski definition) is 1. The smallest absolute Gasteiger partial charge is 0.309 e. The van der Waals surface area contributed by atoms with Crippen molar-refractivity contribution >= 4 is 11.9 Å².